The average molecular weight is 281 g/mol. The molecule has 1 aliphatic heterocycles. The van der Waals surface area contributed by atoms with Crippen molar-refractivity contribution in [1.82, 2.24) is 9.88 Å². The van der Waals surface area contributed by atoms with Gasteiger partial charge in [-0.2, -0.15) is 0 Å². The lowest BCUT2D eigenvalue weighted by atomic mass is 10.2. The van der Waals surface area contributed by atoms with Gasteiger partial charge in [0.2, 0.25) is 0 Å². The number of rotatable bonds is 2. The maximum absolute atomic E-state index is 12.8. The normalized spacial score (nSPS) is 19.0. The predicted octanol–water partition coefficient (Wildman–Crippen LogP) is 2.64. The Morgan fingerprint density at radius 1 is 1.50 bits per heavy atom. The molecule has 1 unspecified atom stereocenters. The summed E-state index contributed by atoms with van der Waals surface area (Å²) in [6.07, 6.45) is 1.69. The van der Waals surface area contributed by atoms with Crippen LogP contribution in [0.2, 0.25) is 0 Å². The van der Waals surface area contributed by atoms with E-state index in [-0.39, 0.29) is 18.0 Å². The second-order valence-electron chi connectivity index (χ2n) is 5.92. The second kappa shape index (κ2) is 5.64. The predicted molar refractivity (Wildman–Crippen MR) is 74.0 cm³/mol. The second-order valence-corrected chi connectivity index (χ2v) is 5.92. The molecule has 0 radical (unpaired) electrons. The lowest BCUT2D eigenvalue weighted by molar-refractivity contribution is 0.0293. The number of likely N-dealkylation sites (tertiary alicyclic amines) is 1. The molecule has 0 bridgehead atoms. The van der Waals surface area contributed by atoms with Gasteiger partial charge in [-0.3, -0.25) is 0 Å². The number of nitrogens with zero attached hydrogens (tertiary/aromatic N) is 2. The lowest BCUT2D eigenvalue weighted by Crippen LogP contribution is -2.36. The van der Waals surface area contributed by atoms with Crippen LogP contribution in [0.5, 0.6) is 0 Å². The van der Waals surface area contributed by atoms with Gasteiger partial charge in [0.1, 0.15) is 17.2 Å². The minimum Gasteiger partial charge on any atom is -0.444 e. The Kier molecular flexibility index (Phi) is 4.11. The highest BCUT2D eigenvalue weighted by molar-refractivity contribution is 5.68. The molecule has 0 aromatic carbocycles. The fourth-order valence-corrected chi connectivity index (χ4v) is 2.04. The number of pyridine rings is 1. The van der Waals surface area contributed by atoms with Crippen molar-refractivity contribution in [3.05, 3.63) is 24.1 Å². The molecule has 0 spiro atoms. The first-order valence-corrected chi connectivity index (χ1v) is 6.69. The van der Waals surface area contributed by atoms with Crippen LogP contribution >= 0.6 is 0 Å². The van der Waals surface area contributed by atoms with Gasteiger partial charge in [0, 0.05) is 19.1 Å². The highest BCUT2D eigenvalue weighted by atomic mass is 19.1. The highest BCUT2D eigenvalue weighted by Crippen LogP contribution is 2.17. The van der Waals surface area contributed by atoms with Gasteiger partial charge in [-0.1, -0.05) is 0 Å². The van der Waals surface area contributed by atoms with Gasteiger partial charge in [0.25, 0.3) is 0 Å². The summed E-state index contributed by atoms with van der Waals surface area (Å²) in [4.78, 5) is 17.5. The molecular weight excluding hydrogens is 261 g/mol. The highest BCUT2D eigenvalue weighted by Gasteiger charge is 2.29. The standard InChI is InChI=1S/C14H20FN3O2/c1-14(2,3)20-13(19)18-7-6-11(9-18)17-12-5-4-10(15)8-16-12/h4-5,8,11H,6-7,9H2,1-3H3,(H,16,17). The molecular formula is C14H20FN3O2. The van der Waals surface area contributed by atoms with Crippen LogP contribution in [0.25, 0.3) is 0 Å². The monoisotopic (exact) mass is 281 g/mol. The van der Waals surface area contributed by atoms with Crippen molar-refractivity contribution in [2.45, 2.75) is 38.8 Å². The third-order valence-corrected chi connectivity index (χ3v) is 2.92. The Bertz CT molecular complexity index is 470. The largest absolute Gasteiger partial charge is 0.444 e. The van der Waals surface area contributed by atoms with E-state index in [1.165, 1.54) is 12.3 Å². The number of ether oxygens (including phenoxy) is 1. The first kappa shape index (κ1) is 14.6. The minimum absolute atomic E-state index is 0.112. The molecule has 1 fully saturated rings. The molecule has 1 aromatic heterocycles. The van der Waals surface area contributed by atoms with Crippen LogP contribution in [0, 0.1) is 5.82 Å². The van der Waals surface area contributed by atoms with Crippen molar-refractivity contribution < 1.29 is 13.9 Å². The van der Waals surface area contributed by atoms with Gasteiger partial charge < -0.3 is 15.0 Å². The van der Waals surface area contributed by atoms with Gasteiger partial charge >= 0.3 is 6.09 Å². The molecule has 0 aliphatic carbocycles. The van der Waals surface area contributed by atoms with E-state index in [0.29, 0.717) is 18.9 Å². The van der Waals surface area contributed by atoms with E-state index in [1.54, 1.807) is 11.0 Å². The molecule has 110 valence electrons. The Balaban J connectivity index is 1.86. The number of halogens is 1. The van der Waals surface area contributed by atoms with E-state index in [4.69, 9.17) is 4.74 Å². The quantitative estimate of drug-likeness (QED) is 0.905. The van der Waals surface area contributed by atoms with Crippen molar-refractivity contribution in [2.75, 3.05) is 18.4 Å². The fraction of sp³-hybridized carbons (Fsp3) is 0.571. The molecule has 1 atom stereocenters. The molecule has 1 N–H and O–H groups in total. The van der Waals surface area contributed by atoms with Gasteiger partial charge in [0.05, 0.1) is 6.20 Å². The number of anilines is 1. The molecule has 1 aliphatic rings. The first-order valence-electron chi connectivity index (χ1n) is 6.69. The average Bonchev–Trinajstić information content (AvgIpc) is 2.79. The van der Waals surface area contributed by atoms with Gasteiger partial charge in [-0.15, -0.1) is 0 Å². The van der Waals surface area contributed by atoms with Crippen molar-refractivity contribution in [1.29, 1.82) is 0 Å². The molecule has 5 nitrogen and oxygen atoms in total. The topological polar surface area (TPSA) is 54.5 Å². The van der Waals surface area contributed by atoms with Gasteiger partial charge in [0.15, 0.2) is 0 Å². The number of carbonyl (C=O) groups is 1. The van der Waals surface area contributed by atoms with Crippen molar-refractivity contribution in [2.24, 2.45) is 0 Å². The zero-order chi connectivity index (χ0) is 14.8. The van der Waals surface area contributed by atoms with Crippen LogP contribution in [-0.2, 0) is 4.74 Å². The lowest BCUT2D eigenvalue weighted by Gasteiger charge is -2.24. The zero-order valence-corrected chi connectivity index (χ0v) is 12.0. The number of aromatic nitrogens is 1. The minimum atomic E-state index is -0.485. The summed E-state index contributed by atoms with van der Waals surface area (Å²) in [7, 11) is 0. The van der Waals surface area contributed by atoms with E-state index in [0.717, 1.165) is 6.42 Å². The Morgan fingerprint density at radius 3 is 2.85 bits per heavy atom. The third kappa shape index (κ3) is 4.08. The molecule has 1 amide bonds. The van der Waals surface area contributed by atoms with Crippen LogP contribution in [0.15, 0.2) is 18.3 Å². The summed E-state index contributed by atoms with van der Waals surface area (Å²) in [5, 5.41) is 3.19. The molecule has 20 heavy (non-hydrogen) atoms. The summed E-state index contributed by atoms with van der Waals surface area (Å²) in [5.74, 6) is 0.250. The van der Waals surface area contributed by atoms with E-state index in [1.807, 2.05) is 20.8 Å². The number of hydrogen-bond acceptors (Lipinski definition) is 4. The third-order valence-electron chi connectivity index (χ3n) is 2.92. The van der Waals surface area contributed by atoms with E-state index in [9.17, 15) is 9.18 Å². The van der Waals surface area contributed by atoms with E-state index in [2.05, 4.69) is 10.3 Å². The zero-order valence-electron chi connectivity index (χ0n) is 12.0. The van der Waals surface area contributed by atoms with Crippen LogP contribution in [-0.4, -0.2) is 40.7 Å². The number of nitrogens with one attached hydrogen (secondary N) is 1. The van der Waals surface area contributed by atoms with Crippen molar-refractivity contribution >= 4 is 11.9 Å². The van der Waals surface area contributed by atoms with Crippen LogP contribution in [0.4, 0.5) is 15.0 Å². The maximum atomic E-state index is 12.8. The van der Waals surface area contributed by atoms with E-state index < -0.39 is 5.60 Å². The van der Waals surface area contributed by atoms with E-state index >= 15 is 0 Å². The van der Waals surface area contributed by atoms with Gasteiger partial charge in [-0.05, 0) is 39.3 Å². The molecule has 0 saturated carbocycles. The molecule has 2 heterocycles. The first-order chi connectivity index (χ1) is 9.33. The molecule has 2 rings (SSSR count). The Hall–Kier alpha value is -1.85. The summed E-state index contributed by atoms with van der Waals surface area (Å²) >= 11 is 0. The maximum Gasteiger partial charge on any atom is 0.410 e. The van der Waals surface area contributed by atoms with Crippen LogP contribution in [0.1, 0.15) is 27.2 Å². The van der Waals surface area contributed by atoms with Crippen molar-refractivity contribution in [3.63, 3.8) is 0 Å². The molecule has 6 heteroatoms. The summed E-state index contributed by atoms with van der Waals surface area (Å²) in [5.41, 5.74) is -0.485. The fourth-order valence-electron chi connectivity index (χ4n) is 2.04. The SMILES string of the molecule is CC(C)(C)OC(=O)N1CCC(Nc2ccc(F)cn2)C1. The van der Waals surface area contributed by atoms with Gasteiger partial charge in [-0.25, -0.2) is 14.2 Å². The Labute approximate surface area is 118 Å². The molecule has 1 saturated heterocycles. The van der Waals surface area contributed by atoms with Crippen LogP contribution in [0.3, 0.4) is 0 Å². The molecule has 1 aromatic rings. The number of carbonyl (C=O) groups excluding carboxylic acids is 1. The summed E-state index contributed by atoms with van der Waals surface area (Å²) in [6.45, 7) is 6.75. The number of hydrogen-bond donors (Lipinski definition) is 1. The summed E-state index contributed by atoms with van der Waals surface area (Å²) < 4.78 is 18.1. The van der Waals surface area contributed by atoms with Crippen molar-refractivity contribution in [3.8, 4) is 0 Å². The van der Waals surface area contributed by atoms with Crippen LogP contribution < -0.4 is 5.32 Å². The smallest absolute Gasteiger partial charge is 0.410 e. The number of amides is 1. The summed E-state index contributed by atoms with van der Waals surface area (Å²) in [6, 6.07) is 3.06. The Morgan fingerprint density at radius 2 is 2.25 bits per heavy atom.